The number of pyridine rings is 1. The van der Waals surface area contributed by atoms with Gasteiger partial charge in [0.25, 0.3) is 11.8 Å². The van der Waals surface area contributed by atoms with Crippen LogP contribution in [0.15, 0.2) is 42.6 Å². The van der Waals surface area contributed by atoms with Crippen molar-refractivity contribution in [3.05, 3.63) is 65.2 Å². The van der Waals surface area contributed by atoms with Crippen LogP contribution < -0.4 is 10.6 Å². The van der Waals surface area contributed by atoms with E-state index in [1.807, 2.05) is 6.92 Å². The molecule has 0 atom stereocenters. The molecule has 25 heavy (non-hydrogen) atoms. The number of hydrogen-bond acceptors (Lipinski definition) is 3. The first kappa shape index (κ1) is 18.6. The Morgan fingerprint density at radius 3 is 2.48 bits per heavy atom. The van der Waals surface area contributed by atoms with Crippen LogP contribution in [0, 0.1) is 5.82 Å². The molecule has 2 N–H and O–H groups in total. The molecule has 0 bridgehead atoms. The van der Waals surface area contributed by atoms with E-state index in [0.717, 1.165) is 18.4 Å². The lowest BCUT2D eigenvalue weighted by Crippen LogP contribution is -2.28. The summed E-state index contributed by atoms with van der Waals surface area (Å²) in [7, 11) is 0. The van der Waals surface area contributed by atoms with Gasteiger partial charge < -0.3 is 10.6 Å². The monoisotopic (exact) mass is 343 g/mol. The van der Waals surface area contributed by atoms with Gasteiger partial charge in [-0.2, -0.15) is 0 Å². The number of rotatable bonds is 8. The van der Waals surface area contributed by atoms with Gasteiger partial charge in [-0.1, -0.05) is 25.5 Å². The van der Waals surface area contributed by atoms with Gasteiger partial charge in [-0.25, -0.2) is 4.39 Å². The van der Waals surface area contributed by atoms with Crippen molar-refractivity contribution >= 4 is 11.8 Å². The lowest BCUT2D eigenvalue weighted by Gasteiger charge is -2.07. The topological polar surface area (TPSA) is 71.1 Å². The molecule has 5 nitrogen and oxygen atoms in total. The summed E-state index contributed by atoms with van der Waals surface area (Å²) in [5.41, 5.74) is 1.55. The van der Waals surface area contributed by atoms with Gasteiger partial charge in [0.15, 0.2) is 0 Å². The Hall–Kier alpha value is -2.76. The molecule has 0 saturated heterocycles. The van der Waals surface area contributed by atoms with Crippen molar-refractivity contribution in [1.29, 1.82) is 0 Å². The first-order chi connectivity index (χ1) is 12.1. The van der Waals surface area contributed by atoms with Crippen molar-refractivity contribution in [2.75, 3.05) is 13.1 Å². The maximum atomic E-state index is 12.9. The van der Waals surface area contributed by atoms with Crippen molar-refractivity contribution in [2.24, 2.45) is 0 Å². The highest BCUT2D eigenvalue weighted by atomic mass is 19.1. The van der Waals surface area contributed by atoms with Gasteiger partial charge >= 0.3 is 0 Å². The molecular weight excluding hydrogens is 321 g/mol. The van der Waals surface area contributed by atoms with Gasteiger partial charge in [-0.15, -0.1) is 0 Å². The van der Waals surface area contributed by atoms with Crippen LogP contribution in [-0.4, -0.2) is 29.9 Å². The molecule has 0 fully saturated rings. The number of unbranched alkanes of at least 4 members (excludes halogenated alkanes) is 1. The number of nitrogens with zero attached hydrogens (tertiary/aromatic N) is 1. The number of aromatic nitrogens is 1. The molecular formula is C19H22FN3O2. The van der Waals surface area contributed by atoms with Crippen LogP contribution in [-0.2, 0) is 6.42 Å². The molecule has 132 valence electrons. The van der Waals surface area contributed by atoms with E-state index < -0.39 is 0 Å². The molecule has 0 radical (unpaired) electrons. The Kier molecular flexibility index (Phi) is 7.07. The van der Waals surface area contributed by atoms with Crippen LogP contribution in [0.25, 0.3) is 0 Å². The number of benzene rings is 1. The molecule has 2 aromatic rings. The fourth-order valence-electron chi connectivity index (χ4n) is 2.24. The lowest BCUT2D eigenvalue weighted by molar-refractivity contribution is 0.0948. The maximum absolute atomic E-state index is 12.9. The van der Waals surface area contributed by atoms with E-state index in [0.29, 0.717) is 25.1 Å². The number of carbonyl (C=O) groups excluding carboxylic acids is 2. The zero-order valence-corrected chi connectivity index (χ0v) is 14.2. The van der Waals surface area contributed by atoms with Crippen molar-refractivity contribution in [3.63, 3.8) is 0 Å². The minimum absolute atomic E-state index is 0.224. The predicted octanol–water partition coefficient (Wildman–Crippen LogP) is 2.72. The Bertz CT molecular complexity index is 717. The second-order valence-electron chi connectivity index (χ2n) is 5.67. The molecule has 1 aromatic heterocycles. The molecule has 1 heterocycles. The molecule has 0 aliphatic carbocycles. The summed E-state index contributed by atoms with van der Waals surface area (Å²) in [6.07, 6.45) is 3.94. The number of carbonyl (C=O) groups is 2. The number of nitrogens with one attached hydrogen (secondary N) is 2. The van der Waals surface area contributed by atoms with Crippen LogP contribution in [0.3, 0.4) is 0 Å². The zero-order chi connectivity index (χ0) is 18.1. The van der Waals surface area contributed by atoms with Crippen molar-refractivity contribution in [3.8, 4) is 0 Å². The lowest BCUT2D eigenvalue weighted by atomic mass is 10.1. The summed E-state index contributed by atoms with van der Waals surface area (Å²) in [5, 5.41) is 5.56. The third-order valence-electron chi connectivity index (χ3n) is 3.68. The van der Waals surface area contributed by atoms with E-state index in [4.69, 9.17) is 0 Å². The summed E-state index contributed by atoms with van der Waals surface area (Å²) in [6.45, 7) is 3.05. The smallest absolute Gasteiger partial charge is 0.269 e. The second kappa shape index (κ2) is 9.52. The highest BCUT2D eigenvalue weighted by Crippen LogP contribution is 2.05. The summed E-state index contributed by atoms with van der Waals surface area (Å²) < 4.78 is 12.9. The van der Waals surface area contributed by atoms with Gasteiger partial charge in [0.05, 0.1) is 0 Å². The first-order valence-corrected chi connectivity index (χ1v) is 8.37. The average molecular weight is 343 g/mol. The summed E-state index contributed by atoms with van der Waals surface area (Å²) >= 11 is 0. The molecule has 0 spiro atoms. The Morgan fingerprint density at radius 2 is 1.76 bits per heavy atom. The molecule has 0 aliphatic heterocycles. The van der Waals surface area contributed by atoms with Crippen molar-refractivity contribution in [2.45, 2.75) is 26.2 Å². The van der Waals surface area contributed by atoms with Crippen LogP contribution in [0.1, 0.15) is 46.2 Å². The molecule has 2 rings (SSSR count). The third-order valence-corrected chi connectivity index (χ3v) is 3.68. The van der Waals surface area contributed by atoms with Gasteiger partial charge in [0.2, 0.25) is 0 Å². The maximum Gasteiger partial charge on any atom is 0.269 e. The molecule has 1 aromatic carbocycles. The van der Waals surface area contributed by atoms with Crippen LogP contribution >= 0.6 is 0 Å². The van der Waals surface area contributed by atoms with E-state index in [9.17, 15) is 14.0 Å². The van der Waals surface area contributed by atoms with E-state index in [2.05, 4.69) is 15.6 Å². The second-order valence-corrected chi connectivity index (χ2v) is 5.67. The summed E-state index contributed by atoms with van der Waals surface area (Å²) in [6, 6.07) is 9.21. The number of hydrogen-bond donors (Lipinski definition) is 2. The molecule has 0 aliphatic rings. The zero-order valence-electron chi connectivity index (χ0n) is 14.2. The van der Waals surface area contributed by atoms with Crippen LogP contribution in [0.5, 0.6) is 0 Å². The Labute approximate surface area is 146 Å². The van der Waals surface area contributed by atoms with Crippen LogP contribution in [0.2, 0.25) is 0 Å². The quantitative estimate of drug-likeness (QED) is 0.724. The van der Waals surface area contributed by atoms with Crippen LogP contribution in [0.4, 0.5) is 4.39 Å². The van der Waals surface area contributed by atoms with Crippen molar-refractivity contribution in [1.82, 2.24) is 15.6 Å². The Balaban J connectivity index is 1.87. The molecule has 0 unspecified atom stereocenters. The minimum atomic E-state index is -0.283. The molecule has 0 saturated carbocycles. The van der Waals surface area contributed by atoms with E-state index in [1.54, 1.807) is 18.2 Å². The van der Waals surface area contributed by atoms with E-state index >= 15 is 0 Å². The SMILES string of the molecule is CCCCNC(=O)c1cc(C(=O)NCCc2ccc(F)cc2)ccn1. The number of halogens is 1. The Morgan fingerprint density at radius 1 is 1.04 bits per heavy atom. The van der Waals surface area contributed by atoms with Gasteiger partial charge in [-0.3, -0.25) is 14.6 Å². The minimum Gasteiger partial charge on any atom is -0.352 e. The normalized spacial score (nSPS) is 10.3. The van der Waals surface area contributed by atoms with E-state index in [1.165, 1.54) is 24.4 Å². The van der Waals surface area contributed by atoms with E-state index in [-0.39, 0.29) is 23.3 Å². The fraction of sp³-hybridized carbons (Fsp3) is 0.316. The molecule has 2 amide bonds. The highest BCUT2D eigenvalue weighted by Gasteiger charge is 2.11. The highest BCUT2D eigenvalue weighted by molar-refractivity contribution is 5.98. The number of amides is 2. The predicted molar refractivity (Wildman–Crippen MR) is 93.9 cm³/mol. The van der Waals surface area contributed by atoms with Gasteiger partial charge in [0, 0.05) is 24.8 Å². The average Bonchev–Trinajstić information content (AvgIpc) is 2.63. The van der Waals surface area contributed by atoms with Gasteiger partial charge in [0.1, 0.15) is 11.5 Å². The van der Waals surface area contributed by atoms with Crippen molar-refractivity contribution < 1.29 is 14.0 Å². The largest absolute Gasteiger partial charge is 0.352 e. The molecule has 6 heteroatoms. The first-order valence-electron chi connectivity index (χ1n) is 8.37. The standard InChI is InChI=1S/C19H22FN3O2/c1-2-3-10-22-19(25)17-13-15(9-12-21-17)18(24)23-11-8-14-4-6-16(20)7-5-14/h4-7,9,12-13H,2-3,8,10-11H2,1H3,(H,22,25)(H,23,24). The third kappa shape index (κ3) is 5.99. The fourth-order valence-corrected chi connectivity index (χ4v) is 2.24. The van der Waals surface area contributed by atoms with Gasteiger partial charge in [-0.05, 0) is 42.7 Å². The summed E-state index contributed by atoms with van der Waals surface area (Å²) in [5.74, 6) is -0.837. The summed E-state index contributed by atoms with van der Waals surface area (Å²) in [4.78, 5) is 28.2.